The van der Waals surface area contributed by atoms with Crippen LogP contribution in [0.2, 0.25) is 0 Å². The molecule has 2 aliphatic heterocycles. The van der Waals surface area contributed by atoms with Gasteiger partial charge in [0.25, 0.3) is 5.91 Å². The zero-order valence-electron chi connectivity index (χ0n) is 15.5. The molecule has 138 valence electrons. The molecule has 6 heteroatoms. The number of aryl methyl sites for hydroxylation is 1. The summed E-state index contributed by atoms with van der Waals surface area (Å²) < 4.78 is 1.79. The van der Waals surface area contributed by atoms with Crippen molar-refractivity contribution >= 4 is 11.8 Å². The van der Waals surface area contributed by atoms with Crippen LogP contribution >= 0.6 is 0 Å². The first-order chi connectivity index (χ1) is 12.1. The topological polar surface area (TPSA) is 58.4 Å². The van der Waals surface area contributed by atoms with Crippen LogP contribution in [0.15, 0.2) is 12.3 Å². The van der Waals surface area contributed by atoms with Crippen molar-refractivity contribution in [3.8, 4) is 0 Å². The van der Waals surface area contributed by atoms with Gasteiger partial charge in [0.2, 0.25) is 5.91 Å². The first kappa shape index (κ1) is 18.0. The Morgan fingerprint density at radius 3 is 2.84 bits per heavy atom. The number of rotatable bonds is 5. The van der Waals surface area contributed by atoms with Crippen LogP contribution in [-0.2, 0) is 11.3 Å². The summed E-state index contributed by atoms with van der Waals surface area (Å²) in [6.45, 7) is 8.14. The molecule has 1 unspecified atom stereocenters. The van der Waals surface area contributed by atoms with E-state index in [0.717, 1.165) is 64.8 Å². The maximum Gasteiger partial charge on any atom is 0.274 e. The second-order valence-corrected chi connectivity index (χ2v) is 7.56. The molecule has 1 atom stereocenters. The van der Waals surface area contributed by atoms with Crippen molar-refractivity contribution in [1.29, 1.82) is 0 Å². The summed E-state index contributed by atoms with van der Waals surface area (Å²) in [5, 5.41) is 4.37. The average Bonchev–Trinajstić information content (AvgIpc) is 3.11. The number of carbonyl (C=O) groups is 2. The zero-order valence-corrected chi connectivity index (χ0v) is 15.5. The maximum atomic E-state index is 12.8. The molecule has 3 heterocycles. The summed E-state index contributed by atoms with van der Waals surface area (Å²) >= 11 is 0. The Morgan fingerprint density at radius 2 is 2.12 bits per heavy atom. The quantitative estimate of drug-likeness (QED) is 0.823. The van der Waals surface area contributed by atoms with Gasteiger partial charge in [-0.05, 0) is 38.7 Å². The van der Waals surface area contributed by atoms with Crippen molar-refractivity contribution in [3.05, 3.63) is 18.0 Å². The van der Waals surface area contributed by atoms with Gasteiger partial charge in [0.1, 0.15) is 5.69 Å². The fourth-order valence-corrected chi connectivity index (χ4v) is 4.18. The molecule has 2 amide bonds. The molecule has 1 aromatic heterocycles. The molecule has 2 fully saturated rings. The van der Waals surface area contributed by atoms with E-state index in [1.165, 1.54) is 0 Å². The lowest BCUT2D eigenvalue weighted by molar-refractivity contribution is -0.139. The number of nitrogens with zero attached hydrogens (tertiary/aromatic N) is 4. The third-order valence-corrected chi connectivity index (χ3v) is 5.66. The second kappa shape index (κ2) is 7.58. The normalized spacial score (nSPS) is 24.2. The molecule has 25 heavy (non-hydrogen) atoms. The number of unbranched alkanes of at least 4 members (excludes halogenated alkanes) is 1. The third-order valence-electron chi connectivity index (χ3n) is 5.66. The van der Waals surface area contributed by atoms with Gasteiger partial charge in [-0.3, -0.25) is 14.3 Å². The van der Waals surface area contributed by atoms with Crippen molar-refractivity contribution in [2.24, 2.45) is 5.41 Å². The van der Waals surface area contributed by atoms with Gasteiger partial charge in [-0.2, -0.15) is 5.10 Å². The Labute approximate surface area is 150 Å². The van der Waals surface area contributed by atoms with Crippen molar-refractivity contribution in [2.75, 3.05) is 26.2 Å². The zero-order chi connectivity index (χ0) is 17.9. The number of aromatic nitrogens is 2. The van der Waals surface area contributed by atoms with Gasteiger partial charge in [-0.1, -0.05) is 13.3 Å². The predicted octanol–water partition coefficient (Wildman–Crippen LogP) is 2.55. The Balaban J connectivity index is 1.69. The molecule has 1 aromatic rings. The van der Waals surface area contributed by atoms with E-state index in [1.807, 2.05) is 29.0 Å². The lowest BCUT2D eigenvalue weighted by atomic mass is 9.73. The lowest BCUT2D eigenvalue weighted by Gasteiger charge is -2.48. The monoisotopic (exact) mass is 346 g/mol. The van der Waals surface area contributed by atoms with Crippen LogP contribution < -0.4 is 0 Å². The van der Waals surface area contributed by atoms with E-state index >= 15 is 0 Å². The maximum absolute atomic E-state index is 12.8. The standard InChI is InChI=1S/C19H30N4O2/c1-3-5-11-21-14-19(10-7-17(21)24)9-6-12-22(15-19)18(25)16-8-13-23(4-2)20-16/h8,13H,3-7,9-12,14-15H2,1-2H3. The molecule has 1 spiro atoms. The van der Waals surface area contributed by atoms with Gasteiger partial charge in [0.05, 0.1) is 0 Å². The number of amides is 2. The average molecular weight is 346 g/mol. The highest BCUT2D eigenvalue weighted by molar-refractivity contribution is 5.92. The van der Waals surface area contributed by atoms with Crippen molar-refractivity contribution < 1.29 is 9.59 Å². The van der Waals surface area contributed by atoms with Crippen LogP contribution in [0.4, 0.5) is 0 Å². The number of hydrogen-bond acceptors (Lipinski definition) is 3. The highest BCUT2D eigenvalue weighted by Crippen LogP contribution is 2.39. The first-order valence-electron chi connectivity index (χ1n) is 9.67. The van der Waals surface area contributed by atoms with Crippen molar-refractivity contribution in [3.63, 3.8) is 0 Å². The molecule has 0 N–H and O–H groups in total. The summed E-state index contributed by atoms with van der Waals surface area (Å²) in [4.78, 5) is 29.1. The van der Waals surface area contributed by atoms with E-state index in [0.29, 0.717) is 12.1 Å². The van der Waals surface area contributed by atoms with Crippen molar-refractivity contribution in [2.45, 2.75) is 58.9 Å². The molecule has 0 saturated carbocycles. The first-order valence-corrected chi connectivity index (χ1v) is 9.67. The van der Waals surface area contributed by atoms with Gasteiger partial charge >= 0.3 is 0 Å². The van der Waals surface area contributed by atoms with Gasteiger partial charge in [-0.15, -0.1) is 0 Å². The second-order valence-electron chi connectivity index (χ2n) is 7.56. The van der Waals surface area contributed by atoms with Gasteiger partial charge in [0.15, 0.2) is 0 Å². The minimum atomic E-state index is 0.0308. The fraction of sp³-hybridized carbons (Fsp3) is 0.737. The number of carbonyl (C=O) groups excluding carboxylic acids is 2. The molecule has 0 aromatic carbocycles. The Bertz CT molecular complexity index is 627. The van der Waals surface area contributed by atoms with E-state index in [2.05, 4.69) is 12.0 Å². The molecule has 2 aliphatic rings. The van der Waals surface area contributed by atoms with Crippen LogP contribution in [0.25, 0.3) is 0 Å². The molecule has 6 nitrogen and oxygen atoms in total. The molecule has 3 rings (SSSR count). The Morgan fingerprint density at radius 1 is 1.28 bits per heavy atom. The summed E-state index contributed by atoms with van der Waals surface area (Å²) in [6.07, 6.45) is 7.66. The van der Waals surface area contributed by atoms with Crippen molar-refractivity contribution in [1.82, 2.24) is 19.6 Å². The molecule has 0 bridgehead atoms. The molecule has 0 aliphatic carbocycles. The smallest absolute Gasteiger partial charge is 0.274 e. The van der Waals surface area contributed by atoms with Crippen LogP contribution in [0.5, 0.6) is 0 Å². The fourth-order valence-electron chi connectivity index (χ4n) is 4.18. The van der Waals surface area contributed by atoms with Gasteiger partial charge < -0.3 is 9.80 Å². The Hall–Kier alpha value is -1.85. The highest BCUT2D eigenvalue weighted by atomic mass is 16.2. The summed E-state index contributed by atoms with van der Waals surface area (Å²) in [5.74, 6) is 0.312. The van der Waals surface area contributed by atoms with Crippen LogP contribution in [-0.4, -0.2) is 57.6 Å². The largest absolute Gasteiger partial charge is 0.342 e. The summed E-state index contributed by atoms with van der Waals surface area (Å²) in [5.41, 5.74) is 0.608. The van der Waals surface area contributed by atoms with E-state index in [-0.39, 0.29) is 17.2 Å². The van der Waals surface area contributed by atoms with E-state index in [1.54, 1.807) is 4.68 Å². The Kier molecular flexibility index (Phi) is 5.45. The predicted molar refractivity (Wildman–Crippen MR) is 96.2 cm³/mol. The molecule has 2 saturated heterocycles. The summed E-state index contributed by atoms with van der Waals surface area (Å²) in [7, 11) is 0. The lowest BCUT2D eigenvalue weighted by Crippen LogP contribution is -2.55. The van der Waals surface area contributed by atoms with E-state index in [9.17, 15) is 9.59 Å². The number of likely N-dealkylation sites (tertiary alicyclic amines) is 2. The molecular formula is C19H30N4O2. The number of piperidine rings is 2. The minimum Gasteiger partial charge on any atom is -0.342 e. The number of hydrogen-bond donors (Lipinski definition) is 0. The summed E-state index contributed by atoms with van der Waals surface area (Å²) in [6, 6.07) is 1.81. The third kappa shape index (κ3) is 3.88. The van der Waals surface area contributed by atoms with Crippen LogP contribution in [0, 0.1) is 5.41 Å². The minimum absolute atomic E-state index is 0.0308. The van der Waals surface area contributed by atoms with Gasteiger partial charge in [-0.25, -0.2) is 0 Å². The molecular weight excluding hydrogens is 316 g/mol. The van der Waals surface area contributed by atoms with E-state index in [4.69, 9.17) is 0 Å². The van der Waals surface area contributed by atoms with E-state index < -0.39 is 0 Å². The molecule has 0 radical (unpaired) electrons. The van der Waals surface area contributed by atoms with Crippen LogP contribution in [0.3, 0.4) is 0 Å². The highest BCUT2D eigenvalue weighted by Gasteiger charge is 2.42. The SMILES string of the molecule is CCCCN1CC2(CCCN(C(=O)c3ccn(CC)n3)C2)CCC1=O. The van der Waals surface area contributed by atoms with Crippen LogP contribution in [0.1, 0.15) is 62.9 Å². The van der Waals surface area contributed by atoms with Gasteiger partial charge in [0, 0.05) is 50.8 Å².